The molecule has 0 aliphatic heterocycles. The highest BCUT2D eigenvalue weighted by Gasteiger charge is 2.46. The minimum atomic E-state index is -1.85. The Morgan fingerprint density at radius 3 is 1.79 bits per heavy atom. The summed E-state index contributed by atoms with van der Waals surface area (Å²) in [6, 6.07) is 0. The van der Waals surface area contributed by atoms with Crippen LogP contribution in [0.25, 0.3) is 0 Å². The number of hydrogen-bond acceptors (Lipinski definition) is 4. The molecule has 0 aromatic rings. The Morgan fingerprint density at radius 2 is 1.53 bits per heavy atom. The molecule has 1 rings (SSSR count). The maximum absolute atomic E-state index is 10.8. The van der Waals surface area contributed by atoms with E-state index in [9.17, 15) is 9.59 Å². The Balaban J connectivity index is 3.37. The second-order valence-corrected chi connectivity index (χ2v) is 10.5. The topological polar surface area (TPSA) is 93.1 Å². The van der Waals surface area contributed by atoms with Gasteiger partial charge in [0.25, 0.3) is 0 Å². The van der Waals surface area contributed by atoms with Gasteiger partial charge in [-0.3, -0.25) is 0 Å². The molecular formula is C12H18O6Si. The van der Waals surface area contributed by atoms with Crippen LogP contribution in [0, 0.1) is 0 Å². The molecule has 7 heteroatoms. The molecule has 0 unspecified atom stereocenters. The average Bonchev–Trinajstić information content (AvgIpc) is 2.41. The minimum Gasteiger partial charge on any atom is -0.450 e. The summed E-state index contributed by atoms with van der Waals surface area (Å²) in [5.41, 5.74) is 1.29. The number of carbonyl (C=O) groups is 2. The molecule has 0 amide bonds. The smallest absolute Gasteiger partial charge is 0.450 e. The third-order valence-corrected chi connectivity index (χ3v) is 5.24. The monoisotopic (exact) mass is 286 g/mol. The van der Waals surface area contributed by atoms with Crippen molar-refractivity contribution in [2.75, 3.05) is 0 Å². The van der Waals surface area contributed by atoms with Gasteiger partial charge in [-0.25, -0.2) is 9.59 Å². The third-order valence-electron chi connectivity index (χ3n) is 3.11. The first-order chi connectivity index (χ1) is 8.49. The normalized spacial score (nSPS) is 18.1. The van der Waals surface area contributed by atoms with Crippen molar-refractivity contribution in [2.45, 2.75) is 39.3 Å². The fourth-order valence-corrected chi connectivity index (χ4v) is 4.08. The van der Waals surface area contributed by atoms with Gasteiger partial charge in [0.2, 0.25) is 0 Å². The molecule has 0 fully saturated rings. The van der Waals surface area contributed by atoms with E-state index in [1.807, 2.05) is 6.92 Å². The van der Waals surface area contributed by atoms with Gasteiger partial charge < -0.3 is 19.7 Å². The Morgan fingerprint density at radius 1 is 1.11 bits per heavy atom. The molecule has 0 atom stereocenters. The molecule has 0 aromatic carbocycles. The van der Waals surface area contributed by atoms with E-state index in [1.54, 1.807) is 6.92 Å². The van der Waals surface area contributed by atoms with E-state index in [4.69, 9.17) is 19.7 Å². The van der Waals surface area contributed by atoms with E-state index in [1.165, 1.54) is 6.08 Å². The van der Waals surface area contributed by atoms with Crippen LogP contribution in [0.2, 0.25) is 19.6 Å². The lowest BCUT2D eigenvalue weighted by Crippen LogP contribution is -2.38. The number of hydrogen-bond donors (Lipinski definition) is 2. The molecule has 0 spiro atoms. The quantitative estimate of drug-likeness (QED) is 0.470. The summed E-state index contributed by atoms with van der Waals surface area (Å²) < 4.78 is 9.44. The standard InChI is InChI=1S/C12H18O6Si/c1-7-8(2)12(17-10(13)14,18-11(15)16)6-9(7)19(3,4)5/h6H,1-5H3,(H,13,14)(H,15,16). The van der Waals surface area contributed by atoms with Crippen LogP contribution in [-0.2, 0) is 9.47 Å². The van der Waals surface area contributed by atoms with Gasteiger partial charge in [0.05, 0.1) is 8.07 Å². The maximum atomic E-state index is 10.8. The SMILES string of the molecule is CC1=C(C)C(OC(=O)O)(OC(=O)O)C=C1[Si](C)(C)C. The van der Waals surface area contributed by atoms with Gasteiger partial charge in [-0.2, -0.15) is 0 Å². The molecule has 0 saturated heterocycles. The molecule has 0 heterocycles. The van der Waals surface area contributed by atoms with Gasteiger partial charge >= 0.3 is 18.1 Å². The van der Waals surface area contributed by atoms with Crippen molar-refractivity contribution in [1.82, 2.24) is 0 Å². The van der Waals surface area contributed by atoms with Gasteiger partial charge in [-0.05, 0) is 19.4 Å². The highest BCUT2D eigenvalue weighted by atomic mass is 28.3. The van der Waals surface area contributed by atoms with Crippen LogP contribution in [0.3, 0.4) is 0 Å². The summed E-state index contributed by atoms with van der Waals surface area (Å²) in [5, 5.41) is 18.6. The second kappa shape index (κ2) is 4.73. The van der Waals surface area contributed by atoms with Crippen molar-refractivity contribution >= 4 is 20.4 Å². The molecule has 2 N–H and O–H groups in total. The Hall–Kier alpha value is -1.76. The molecule has 6 nitrogen and oxygen atoms in total. The summed E-state index contributed by atoms with van der Waals surface area (Å²) in [7, 11) is -1.76. The molecule has 1 aliphatic carbocycles. The average molecular weight is 286 g/mol. The number of ether oxygens (including phenoxy) is 2. The summed E-state index contributed by atoms with van der Waals surface area (Å²) in [6.07, 6.45) is -1.69. The zero-order valence-corrected chi connectivity index (χ0v) is 12.6. The molecule has 0 aromatic heterocycles. The zero-order chi connectivity index (χ0) is 15.0. The van der Waals surface area contributed by atoms with Crippen molar-refractivity contribution in [1.29, 1.82) is 0 Å². The highest BCUT2D eigenvalue weighted by Crippen LogP contribution is 2.41. The fraction of sp³-hybridized carbons (Fsp3) is 0.500. The van der Waals surface area contributed by atoms with E-state index in [-0.39, 0.29) is 0 Å². The van der Waals surface area contributed by atoms with E-state index >= 15 is 0 Å². The highest BCUT2D eigenvalue weighted by molar-refractivity contribution is 6.84. The van der Waals surface area contributed by atoms with Gasteiger partial charge in [0.15, 0.2) is 0 Å². The zero-order valence-electron chi connectivity index (χ0n) is 11.6. The molecule has 106 valence electrons. The van der Waals surface area contributed by atoms with E-state index in [2.05, 4.69) is 19.6 Å². The first-order valence-electron chi connectivity index (χ1n) is 5.75. The first-order valence-corrected chi connectivity index (χ1v) is 9.25. The van der Waals surface area contributed by atoms with Gasteiger partial charge in [0.1, 0.15) is 0 Å². The lowest BCUT2D eigenvalue weighted by atomic mass is 10.1. The Labute approximate surface area is 112 Å². The van der Waals surface area contributed by atoms with E-state index in [0.29, 0.717) is 5.57 Å². The Kier molecular flexibility index (Phi) is 3.81. The van der Waals surface area contributed by atoms with Crippen molar-refractivity contribution in [3.05, 3.63) is 22.4 Å². The lowest BCUT2D eigenvalue weighted by Gasteiger charge is -2.26. The molecule has 0 bridgehead atoms. The minimum absolute atomic E-state index is 0.453. The molecule has 1 aliphatic rings. The second-order valence-electron chi connectivity index (χ2n) is 5.46. The Bertz CT molecular complexity index is 467. The van der Waals surface area contributed by atoms with Crippen molar-refractivity contribution in [3.63, 3.8) is 0 Å². The third kappa shape index (κ3) is 2.98. The van der Waals surface area contributed by atoms with Crippen LogP contribution in [0.1, 0.15) is 13.8 Å². The largest absolute Gasteiger partial charge is 0.509 e. The number of carboxylic acid groups (broad SMARTS) is 2. The van der Waals surface area contributed by atoms with E-state index in [0.717, 1.165) is 10.8 Å². The van der Waals surface area contributed by atoms with Crippen molar-refractivity contribution < 1.29 is 29.3 Å². The fourth-order valence-electron chi connectivity index (χ4n) is 2.14. The van der Waals surface area contributed by atoms with Crippen LogP contribution >= 0.6 is 0 Å². The van der Waals surface area contributed by atoms with Crippen LogP contribution in [0.15, 0.2) is 22.4 Å². The summed E-state index contributed by atoms with van der Waals surface area (Å²) in [4.78, 5) is 21.6. The van der Waals surface area contributed by atoms with Gasteiger partial charge in [-0.15, -0.1) is 0 Å². The van der Waals surface area contributed by atoms with Gasteiger partial charge in [-0.1, -0.05) is 24.8 Å². The van der Waals surface area contributed by atoms with Crippen LogP contribution in [0.5, 0.6) is 0 Å². The van der Waals surface area contributed by atoms with Crippen molar-refractivity contribution in [3.8, 4) is 0 Å². The summed E-state index contributed by atoms with van der Waals surface area (Å²) >= 11 is 0. The molecule has 0 saturated carbocycles. The first kappa shape index (κ1) is 15.3. The number of allylic oxidation sites excluding steroid dienone is 2. The lowest BCUT2D eigenvalue weighted by molar-refractivity contribution is -0.122. The van der Waals surface area contributed by atoms with Crippen LogP contribution in [-0.4, -0.2) is 36.4 Å². The molecule has 19 heavy (non-hydrogen) atoms. The maximum Gasteiger partial charge on any atom is 0.509 e. The predicted molar refractivity (Wildman–Crippen MR) is 70.8 cm³/mol. The summed E-state index contributed by atoms with van der Waals surface area (Å²) in [6.45, 7) is 9.66. The summed E-state index contributed by atoms with van der Waals surface area (Å²) in [5.74, 6) is -1.85. The number of rotatable bonds is 3. The molecular weight excluding hydrogens is 268 g/mol. The van der Waals surface area contributed by atoms with Crippen LogP contribution < -0.4 is 0 Å². The molecule has 0 radical (unpaired) electrons. The predicted octanol–water partition coefficient (Wildman–Crippen LogP) is 3.23. The van der Waals surface area contributed by atoms with Gasteiger partial charge in [0, 0.05) is 11.6 Å². The van der Waals surface area contributed by atoms with Crippen LogP contribution in [0.4, 0.5) is 9.59 Å². The van der Waals surface area contributed by atoms with Crippen molar-refractivity contribution in [2.24, 2.45) is 0 Å². The van der Waals surface area contributed by atoms with E-state index < -0.39 is 26.2 Å².